The summed E-state index contributed by atoms with van der Waals surface area (Å²) in [4.78, 5) is 25.3. The number of thiophene rings is 1. The number of fused-ring (bicyclic) bond motifs is 1. The van der Waals surface area contributed by atoms with Crippen molar-refractivity contribution in [1.82, 2.24) is 4.57 Å². The molecule has 1 aliphatic rings. The van der Waals surface area contributed by atoms with Crippen LogP contribution in [0.5, 0.6) is 0 Å². The molecule has 1 unspecified atom stereocenters. The van der Waals surface area contributed by atoms with Crippen molar-refractivity contribution in [3.05, 3.63) is 70.8 Å². The fraction of sp³-hybridized carbons (Fsp3) is 0.190. The number of ether oxygens (including phenoxy) is 1. The van der Waals surface area contributed by atoms with Crippen LogP contribution < -0.4 is 5.32 Å². The second-order valence-electron chi connectivity index (χ2n) is 6.54. The molecule has 0 saturated heterocycles. The van der Waals surface area contributed by atoms with E-state index in [0.29, 0.717) is 29.8 Å². The Balaban J connectivity index is 1.45. The summed E-state index contributed by atoms with van der Waals surface area (Å²) in [5, 5.41) is 12.9. The number of nitriles is 1. The third-order valence-electron chi connectivity index (χ3n) is 4.62. The van der Waals surface area contributed by atoms with Gasteiger partial charge in [0.1, 0.15) is 17.2 Å². The van der Waals surface area contributed by atoms with Crippen molar-refractivity contribution >= 4 is 34.4 Å². The van der Waals surface area contributed by atoms with E-state index in [0.717, 1.165) is 16.0 Å². The van der Waals surface area contributed by atoms with Gasteiger partial charge in [0.05, 0.1) is 18.1 Å². The topological polar surface area (TPSA) is 97.3 Å². The molecule has 0 bridgehead atoms. The molecule has 7 nitrogen and oxygen atoms in total. The molecule has 8 heteroatoms. The van der Waals surface area contributed by atoms with Gasteiger partial charge in [0.2, 0.25) is 5.91 Å². The van der Waals surface area contributed by atoms with Crippen LogP contribution in [-0.2, 0) is 22.4 Å². The van der Waals surface area contributed by atoms with E-state index in [2.05, 4.69) is 11.4 Å². The van der Waals surface area contributed by atoms with E-state index in [1.54, 1.807) is 36.7 Å². The maximum atomic E-state index is 12.2. The van der Waals surface area contributed by atoms with Crippen LogP contribution >= 0.6 is 11.3 Å². The number of amides is 1. The number of furan rings is 1. The molecule has 1 N–H and O–H groups in total. The Morgan fingerprint density at radius 2 is 2.21 bits per heavy atom. The van der Waals surface area contributed by atoms with E-state index in [1.807, 2.05) is 0 Å². The van der Waals surface area contributed by atoms with E-state index in [-0.39, 0.29) is 12.0 Å². The van der Waals surface area contributed by atoms with Crippen LogP contribution in [0, 0.1) is 11.3 Å². The molecule has 1 atom stereocenters. The van der Waals surface area contributed by atoms with Gasteiger partial charge in [0.15, 0.2) is 0 Å². The first-order valence-electron chi connectivity index (χ1n) is 9.04. The number of nitrogens with zero attached hydrogens (tertiary/aromatic N) is 2. The first-order chi connectivity index (χ1) is 14.1. The van der Waals surface area contributed by atoms with Crippen molar-refractivity contribution in [2.45, 2.75) is 25.4 Å². The van der Waals surface area contributed by atoms with Crippen molar-refractivity contribution in [2.24, 2.45) is 0 Å². The Labute approximate surface area is 170 Å². The highest BCUT2D eigenvalue weighted by atomic mass is 32.1. The zero-order valence-electron chi connectivity index (χ0n) is 15.3. The second-order valence-corrected chi connectivity index (χ2v) is 7.64. The maximum absolute atomic E-state index is 12.2. The molecule has 0 fully saturated rings. The van der Waals surface area contributed by atoms with Crippen LogP contribution in [0.3, 0.4) is 0 Å². The second kappa shape index (κ2) is 8.20. The minimum absolute atomic E-state index is 0.257. The average Bonchev–Trinajstić information content (AvgIpc) is 3.46. The first kappa shape index (κ1) is 18.8. The number of carbonyl (C=O) groups excluding carboxylic acids is 2. The molecule has 3 aromatic heterocycles. The van der Waals surface area contributed by atoms with E-state index in [4.69, 9.17) is 9.15 Å². The minimum atomic E-state index is -0.418. The van der Waals surface area contributed by atoms with Gasteiger partial charge in [-0.3, -0.25) is 9.36 Å². The summed E-state index contributed by atoms with van der Waals surface area (Å²) in [7, 11) is 0. The van der Waals surface area contributed by atoms with Gasteiger partial charge in [0.25, 0.3) is 0 Å². The molecule has 0 spiro atoms. The smallest absolute Gasteiger partial charge is 0.418 e. The molecule has 3 aromatic rings. The van der Waals surface area contributed by atoms with E-state index in [9.17, 15) is 14.9 Å². The van der Waals surface area contributed by atoms with Gasteiger partial charge >= 0.3 is 6.09 Å². The Morgan fingerprint density at radius 1 is 1.38 bits per heavy atom. The van der Waals surface area contributed by atoms with Gasteiger partial charge in [-0.05, 0) is 42.7 Å². The molecule has 3 heterocycles. The average molecular weight is 407 g/mol. The predicted octanol–water partition coefficient (Wildman–Crippen LogP) is 4.21. The lowest BCUT2D eigenvalue weighted by Gasteiger charge is -2.22. The molecule has 1 amide bonds. The Morgan fingerprint density at radius 3 is 2.93 bits per heavy atom. The van der Waals surface area contributed by atoms with Gasteiger partial charge in [-0.25, -0.2) is 4.79 Å². The summed E-state index contributed by atoms with van der Waals surface area (Å²) < 4.78 is 11.9. The lowest BCUT2D eigenvalue weighted by Crippen LogP contribution is -2.26. The molecule has 1 aliphatic carbocycles. The Hall–Kier alpha value is -3.57. The molecule has 146 valence electrons. The van der Waals surface area contributed by atoms with Crippen molar-refractivity contribution in [1.29, 1.82) is 5.26 Å². The van der Waals surface area contributed by atoms with Gasteiger partial charge in [-0.15, -0.1) is 11.3 Å². The largest absolute Gasteiger partial charge is 0.472 e. The monoisotopic (exact) mass is 407 g/mol. The number of hydrogen-bond acceptors (Lipinski definition) is 6. The van der Waals surface area contributed by atoms with Gasteiger partial charge < -0.3 is 14.5 Å². The standard InChI is InChI=1S/C21H17N3O4S/c22-12-17-16-5-4-15(28-21(26)24-8-1-2-9-24)11-18(16)29-20(17)23-19(25)6-3-14-7-10-27-13-14/h1-3,6-10,13,15H,4-5,11H2,(H,23,25)/b6-3+. The zero-order chi connectivity index (χ0) is 20.2. The van der Waals surface area contributed by atoms with Crippen molar-refractivity contribution in [3.63, 3.8) is 0 Å². The molecule has 0 saturated carbocycles. The van der Waals surface area contributed by atoms with E-state index < -0.39 is 6.09 Å². The summed E-state index contributed by atoms with van der Waals surface area (Å²) >= 11 is 1.36. The summed E-state index contributed by atoms with van der Waals surface area (Å²) in [6.07, 6.45) is 10.5. The quantitative estimate of drug-likeness (QED) is 0.654. The number of aromatic nitrogens is 1. The number of anilines is 1. The first-order valence-corrected chi connectivity index (χ1v) is 9.85. The molecule has 0 radical (unpaired) electrons. The summed E-state index contributed by atoms with van der Waals surface area (Å²) in [6.45, 7) is 0. The highest BCUT2D eigenvalue weighted by molar-refractivity contribution is 7.16. The zero-order valence-corrected chi connectivity index (χ0v) is 16.1. The summed E-state index contributed by atoms with van der Waals surface area (Å²) in [6, 6.07) is 7.46. The fourth-order valence-electron chi connectivity index (χ4n) is 3.22. The SMILES string of the molecule is N#Cc1c(NC(=O)/C=C/c2ccoc2)sc2c1CCC(OC(=O)n1cccc1)C2. The summed E-state index contributed by atoms with van der Waals surface area (Å²) in [5.41, 5.74) is 2.20. The number of rotatable bonds is 4. The van der Waals surface area contributed by atoms with E-state index in [1.165, 1.54) is 34.5 Å². The molecule has 0 aromatic carbocycles. The Bertz CT molecular complexity index is 1090. The van der Waals surface area contributed by atoms with Crippen molar-refractivity contribution in [3.8, 4) is 6.07 Å². The Kier molecular flexibility index (Phi) is 5.31. The van der Waals surface area contributed by atoms with Crippen LogP contribution in [0.2, 0.25) is 0 Å². The van der Waals surface area contributed by atoms with E-state index >= 15 is 0 Å². The normalized spacial score (nSPS) is 15.6. The van der Waals surface area contributed by atoms with Gasteiger partial charge in [-0.2, -0.15) is 5.26 Å². The van der Waals surface area contributed by atoms with Gasteiger partial charge in [0, 0.05) is 35.3 Å². The fourth-order valence-corrected chi connectivity index (χ4v) is 4.48. The molecular formula is C21H17N3O4S. The lowest BCUT2D eigenvalue weighted by molar-refractivity contribution is -0.111. The molecule has 0 aliphatic heterocycles. The van der Waals surface area contributed by atoms with Crippen LogP contribution in [-0.4, -0.2) is 22.7 Å². The number of carbonyl (C=O) groups is 2. The highest BCUT2D eigenvalue weighted by Crippen LogP contribution is 2.38. The summed E-state index contributed by atoms with van der Waals surface area (Å²) in [5.74, 6) is -0.322. The number of nitrogens with one attached hydrogen (secondary N) is 1. The van der Waals surface area contributed by atoms with Crippen LogP contribution in [0.4, 0.5) is 9.80 Å². The molecule has 4 rings (SSSR count). The van der Waals surface area contributed by atoms with Crippen molar-refractivity contribution in [2.75, 3.05) is 5.32 Å². The maximum Gasteiger partial charge on any atom is 0.418 e. The van der Waals surface area contributed by atoms with Crippen molar-refractivity contribution < 1.29 is 18.7 Å². The number of hydrogen-bond donors (Lipinski definition) is 1. The third-order valence-corrected chi connectivity index (χ3v) is 5.79. The highest BCUT2D eigenvalue weighted by Gasteiger charge is 2.28. The van der Waals surface area contributed by atoms with Crippen LogP contribution in [0.15, 0.2) is 53.6 Å². The molecular weight excluding hydrogens is 390 g/mol. The third kappa shape index (κ3) is 4.15. The van der Waals surface area contributed by atoms with Crippen LogP contribution in [0.25, 0.3) is 6.08 Å². The molecule has 29 heavy (non-hydrogen) atoms. The lowest BCUT2D eigenvalue weighted by atomic mass is 9.94. The van der Waals surface area contributed by atoms with Crippen LogP contribution in [0.1, 0.15) is 28.0 Å². The minimum Gasteiger partial charge on any atom is -0.472 e. The predicted molar refractivity (Wildman–Crippen MR) is 108 cm³/mol. The van der Waals surface area contributed by atoms with Gasteiger partial charge in [-0.1, -0.05) is 0 Å².